The molecule has 0 heterocycles. The van der Waals surface area contributed by atoms with Crippen LogP contribution in [-0.4, -0.2) is 11.3 Å². The molecule has 12 heavy (non-hydrogen) atoms. The summed E-state index contributed by atoms with van der Waals surface area (Å²) in [5.74, 6) is 2.92. The van der Waals surface area contributed by atoms with Crippen LogP contribution in [0.15, 0.2) is 0 Å². The maximum Gasteiger partial charge on any atom is 0.105 e. The van der Waals surface area contributed by atoms with Crippen LogP contribution in [0.2, 0.25) is 0 Å². The average Bonchev–Trinajstić information content (AvgIpc) is 2.03. The number of hydrogen-bond donors (Lipinski definition) is 3. The monoisotopic (exact) mass is 170 g/mol. The minimum Gasteiger partial charge on any atom is -0.379 e. The van der Waals surface area contributed by atoms with Crippen molar-refractivity contribution < 1.29 is 5.11 Å². The van der Waals surface area contributed by atoms with Crippen LogP contribution >= 0.6 is 0 Å². The van der Waals surface area contributed by atoms with Crippen LogP contribution in [0.3, 0.4) is 0 Å². The van der Waals surface area contributed by atoms with E-state index in [0.717, 1.165) is 25.7 Å². The van der Waals surface area contributed by atoms with E-state index in [1.165, 1.54) is 0 Å². The van der Waals surface area contributed by atoms with Gasteiger partial charge >= 0.3 is 0 Å². The first kappa shape index (κ1) is 11.3. The van der Waals surface area contributed by atoms with Crippen molar-refractivity contribution >= 4 is 0 Å². The molecular weight excluding hydrogens is 152 g/mol. The number of rotatable bonds is 5. The zero-order valence-electron chi connectivity index (χ0n) is 7.59. The summed E-state index contributed by atoms with van der Waals surface area (Å²) in [6.07, 6.45) is 2.81. The SMILES string of the molecule is CCCC(CCC#CN)C(N)O. The second-order valence-corrected chi connectivity index (χ2v) is 2.90. The Morgan fingerprint density at radius 2 is 2.08 bits per heavy atom. The van der Waals surface area contributed by atoms with Gasteiger partial charge in [-0.2, -0.15) is 0 Å². The molecule has 0 spiro atoms. The summed E-state index contributed by atoms with van der Waals surface area (Å²) in [6, 6.07) is 2.33. The highest BCUT2D eigenvalue weighted by Crippen LogP contribution is 2.14. The Bertz CT molecular complexity index is 158. The van der Waals surface area contributed by atoms with Gasteiger partial charge in [0.05, 0.1) is 0 Å². The van der Waals surface area contributed by atoms with Gasteiger partial charge in [-0.15, -0.1) is 0 Å². The lowest BCUT2D eigenvalue weighted by molar-refractivity contribution is 0.104. The number of nitrogens with two attached hydrogens (primary N) is 2. The number of hydrogen-bond acceptors (Lipinski definition) is 3. The molecule has 0 aliphatic heterocycles. The third kappa shape index (κ3) is 5.00. The van der Waals surface area contributed by atoms with Crippen molar-refractivity contribution in [2.24, 2.45) is 17.4 Å². The zero-order chi connectivity index (χ0) is 9.40. The third-order valence-corrected chi connectivity index (χ3v) is 1.88. The normalized spacial score (nSPS) is 14.6. The summed E-state index contributed by atoms with van der Waals surface area (Å²) < 4.78 is 0. The van der Waals surface area contributed by atoms with E-state index in [1.807, 2.05) is 0 Å². The second-order valence-electron chi connectivity index (χ2n) is 2.90. The molecule has 0 saturated carbocycles. The molecule has 3 nitrogen and oxygen atoms in total. The fourth-order valence-corrected chi connectivity index (χ4v) is 1.19. The molecule has 0 aromatic heterocycles. The lowest BCUT2D eigenvalue weighted by Crippen LogP contribution is -2.29. The second kappa shape index (κ2) is 6.96. The highest BCUT2D eigenvalue weighted by atomic mass is 16.3. The first-order valence-electron chi connectivity index (χ1n) is 4.34. The molecular formula is C9H18N2O. The maximum absolute atomic E-state index is 9.14. The van der Waals surface area contributed by atoms with Crippen LogP contribution in [0.1, 0.15) is 32.6 Å². The van der Waals surface area contributed by atoms with E-state index in [9.17, 15) is 0 Å². The Hall–Kier alpha value is -0.720. The molecule has 0 fully saturated rings. The molecule has 5 N–H and O–H groups in total. The predicted octanol–water partition coefficient (Wildman–Crippen LogP) is 0.380. The first-order chi connectivity index (χ1) is 5.72. The van der Waals surface area contributed by atoms with Gasteiger partial charge in [0.25, 0.3) is 0 Å². The fraction of sp³-hybridized carbons (Fsp3) is 0.778. The number of aliphatic hydroxyl groups is 1. The molecule has 0 aliphatic rings. The lowest BCUT2D eigenvalue weighted by Gasteiger charge is -2.17. The van der Waals surface area contributed by atoms with Gasteiger partial charge in [0.15, 0.2) is 0 Å². The third-order valence-electron chi connectivity index (χ3n) is 1.88. The van der Waals surface area contributed by atoms with Gasteiger partial charge in [0, 0.05) is 12.5 Å². The largest absolute Gasteiger partial charge is 0.379 e. The number of aliphatic hydroxyl groups excluding tert-OH is 1. The molecule has 0 aliphatic carbocycles. The Labute approximate surface area is 74.1 Å². The van der Waals surface area contributed by atoms with E-state index in [4.69, 9.17) is 16.6 Å². The molecule has 0 amide bonds. The van der Waals surface area contributed by atoms with Gasteiger partial charge in [-0.25, -0.2) is 0 Å². The van der Waals surface area contributed by atoms with Crippen LogP contribution < -0.4 is 11.5 Å². The van der Waals surface area contributed by atoms with E-state index in [-0.39, 0.29) is 5.92 Å². The predicted molar refractivity (Wildman–Crippen MR) is 49.8 cm³/mol. The highest BCUT2D eigenvalue weighted by Gasteiger charge is 2.12. The van der Waals surface area contributed by atoms with Crippen molar-refractivity contribution in [2.75, 3.05) is 0 Å². The fourth-order valence-electron chi connectivity index (χ4n) is 1.19. The van der Waals surface area contributed by atoms with E-state index in [1.54, 1.807) is 0 Å². The van der Waals surface area contributed by atoms with Crippen LogP contribution in [0.25, 0.3) is 0 Å². The first-order valence-corrected chi connectivity index (χ1v) is 4.34. The summed E-state index contributed by atoms with van der Waals surface area (Å²) in [5.41, 5.74) is 10.4. The van der Waals surface area contributed by atoms with E-state index < -0.39 is 6.23 Å². The quantitative estimate of drug-likeness (QED) is 0.317. The molecule has 0 radical (unpaired) electrons. The molecule has 0 saturated heterocycles. The zero-order valence-corrected chi connectivity index (χ0v) is 7.59. The summed E-state index contributed by atoms with van der Waals surface area (Å²) >= 11 is 0. The summed E-state index contributed by atoms with van der Waals surface area (Å²) in [4.78, 5) is 0. The van der Waals surface area contributed by atoms with Crippen molar-refractivity contribution in [3.05, 3.63) is 0 Å². The maximum atomic E-state index is 9.14. The Kier molecular flexibility index (Phi) is 6.54. The molecule has 2 atom stereocenters. The minimum atomic E-state index is -0.718. The van der Waals surface area contributed by atoms with Gasteiger partial charge < -0.3 is 16.6 Å². The molecule has 3 heteroatoms. The average molecular weight is 170 g/mol. The van der Waals surface area contributed by atoms with Gasteiger partial charge in [0.1, 0.15) is 6.23 Å². The van der Waals surface area contributed by atoms with Gasteiger partial charge in [-0.05, 0) is 18.8 Å². The van der Waals surface area contributed by atoms with Crippen LogP contribution in [0.5, 0.6) is 0 Å². The highest BCUT2D eigenvalue weighted by molar-refractivity contribution is 4.93. The summed E-state index contributed by atoms with van der Waals surface area (Å²) in [7, 11) is 0. The lowest BCUT2D eigenvalue weighted by atomic mass is 9.97. The Morgan fingerprint density at radius 1 is 1.42 bits per heavy atom. The van der Waals surface area contributed by atoms with Crippen molar-refractivity contribution in [1.29, 1.82) is 0 Å². The Balaban J connectivity index is 3.68. The van der Waals surface area contributed by atoms with Gasteiger partial charge in [-0.3, -0.25) is 0 Å². The Morgan fingerprint density at radius 3 is 2.50 bits per heavy atom. The summed E-state index contributed by atoms with van der Waals surface area (Å²) in [5, 5.41) is 9.14. The topological polar surface area (TPSA) is 72.3 Å². The van der Waals surface area contributed by atoms with E-state index >= 15 is 0 Å². The molecule has 0 aromatic carbocycles. The molecule has 70 valence electrons. The molecule has 0 bridgehead atoms. The van der Waals surface area contributed by atoms with Crippen LogP contribution in [-0.2, 0) is 0 Å². The molecule has 2 unspecified atom stereocenters. The van der Waals surface area contributed by atoms with Crippen LogP contribution in [0.4, 0.5) is 0 Å². The minimum absolute atomic E-state index is 0.163. The van der Waals surface area contributed by atoms with Crippen molar-refractivity contribution in [2.45, 2.75) is 38.8 Å². The van der Waals surface area contributed by atoms with Crippen molar-refractivity contribution in [3.63, 3.8) is 0 Å². The molecule has 0 aromatic rings. The summed E-state index contributed by atoms with van der Waals surface area (Å²) in [6.45, 7) is 2.07. The van der Waals surface area contributed by atoms with Crippen molar-refractivity contribution in [3.8, 4) is 12.0 Å². The van der Waals surface area contributed by atoms with Gasteiger partial charge in [-0.1, -0.05) is 19.3 Å². The standard InChI is InChI=1S/C9H18N2O/c1-2-5-8(9(11)12)6-3-4-7-10/h8-9,12H,2-3,5-6,10-11H2,1H3. The van der Waals surface area contributed by atoms with E-state index in [0.29, 0.717) is 0 Å². The van der Waals surface area contributed by atoms with Gasteiger partial charge in [0.2, 0.25) is 0 Å². The van der Waals surface area contributed by atoms with E-state index in [2.05, 4.69) is 18.9 Å². The smallest absolute Gasteiger partial charge is 0.105 e. The van der Waals surface area contributed by atoms with Crippen LogP contribution in [0, 0.1) is 17.9 Å². The molecule has 0 rings (SSSR count). The van der Waals surface area contributed by atoms with Crippen molar-refractivity contribution in [1.82, 2.24) is 0 Å².